The second-order valence-electron chi connectivity index (χ2n) is 11.2. The molecule has 0 saturated carbocycles. The molecule has 9 nitrogen and oxygen atoms in total. The number of halogens is 2. The zero-order valence-corrected chi connectivity index (χ0v) is 24.2. The fourth-order valence-electron chi connectivity index (χ4n) is 4.60. The average Bonchev–Trinajstić information content (AvgIpc) is 3.12. The van der Waals surface area contributed by atoms with Crippen LogP contribution < -0.4 is 15.8 Å². The number of nitrogens with zero attached hydrogens (tertiary/aromatic N) is 4. The maximum atomic E-state index is 13.9. The summed E-state index contributed by atoms with van der Waals surface area (Å²) in [6.07, 6.45) is 0.396. The third kappa shape index (κ3) is 6.91. The van der Waals surface area contributed by atoms with E-state index >= 15 is 0 Å². The number of anilines is 1. The number of rotatable bonds is 5. The van der Waals surface area contributed by atoms with Crippen molar-refractivity contribution in [3.05, 3.63) is 57.6 Å². The molecule has 0 radical (unpaired) electrons. The first-order valence-electron chi connectivity index (χ1n) is 13.3. The Morgan fingerprint density at radius 2 is 1.85 bits per heavy atom. The minimum absolute atomic E-state index is 0.109. The van der Waals surface area contributed by atoms with Gasteiger partial charge in [-0.3, -0.25) is 14.2 Å². The molecular formula is C29H35ClFN5O4. The number of fused-ring (bicyclic) bond motifs is 1. The van der Waals surface area contributed by atoms with E-state index in [1.54, 1.807) is 17.0 Å². The van der Waals surface area contributed by atoms with Crippen LogP contribution in [0.4, 0.5) is 14.9 Å². The summed E-state index contributed by atoms with van der Waals surface area (Å²) in [4.78, 5) is 47.6. The molecule has 1 aliphatic heterocycles. The summed E-state index contributed by atoms with van der Waals surface area (Å²) in [6, 6.07) is 9.37. The van der Waals surface area contributed by atoms with Gasteiger partial charge in [0.15, 0.2) is 0 Å². The predicted molar refractivity (Wildman–Crippen MR) is 154 cm³/mol. The highest BCUT2D eigenvalue weighted by Gasteiger charge is 2.25. The first kappa shape index (κ1) is 29.3. The summed E-state index contributed by atoms with van der Waals surface area (Å²) in [5.74, 6) is -0.725. The van der Waals surface area contributed by atoms with Crippen LogP contribution in [-0.4, -0.2) is 64.3 Å². The molecule has 1 fully saturated rings. The Balaban J connectivity index is 1.70. The van der Waals surface area contributed by atoms with Gasteiger partial charge in [-0.25, -0.2) is 14.2 Å². The number of aromatic nitrogens is 2. The topological polar surface area (TPSA) is 96.8 Å². The van der Waals surface area contributed by atoms with Crippen LogP contribution in [0.25, 0.3) is 22.3 Å². The van der Waals surface area contributed by atoms with Gasteiger partial charge in [0.2, 0.25) is 5.91 Å². The van der Waals surface area contributed by atoms with Crippen molar-refractivity contribution in [2.75, 3.05) is 31.1 Å². The van der Waals surface area contributed by atoms with Crippen molar-refractivity contribution in [3.63, 3.8) is 0 Å². The Hall–Kier alpha value is -3.66. The van der Waals surface area contributed by atoms with E-state index in [0.29, 0.717) is 42.6 Å². The van der Waals surface area contributed by atoms with Crippen molar-refractivity contribution in [3.8, 4) is 11.4 Å². The van der Waals surface area contributed by atoms with Crippen molar-refractivity contribution in [1.82, 2.24) is 19.8 Å². The molecule has 2 amide bonds. The molecule has 1 saturated heterocycles. The van der Waals surface area contributed by atoms with Crippen molar-refractivity contribution in [2.45, 2.75) is 59.2 Å². The van der Waals surface area contributed by atoms with Crippen molar-refractivity contribution in [2.24, 2.45) is 0 Å². The Labute approximate surface area is 237 Å². The van der Waals surface area contributed by atoms with Gasteiger partial charge >= 0.3 is 6.09 Å². The monoisotopic (exact) mass is 571 g/mol. The zero-order valence-electron chi connectivity index (χ0n) is 23.5. The van der Waals surface area contributed by atoms with Crippen LogP contribution in [0.15, 0.2) is 41.2 Å². The number of amides is 2. The van der Waals surface area contributed by atoms with Gasteiger partial charge in [-0.1, -0.05) is 11.6 Å². The first-order valence-corrected chi connectivity index (χ1v) is 13.7. The molecule has 3 aromatic rings. The summed E-state index contributed by atoms with van der Waals surface area (Å²) in [7, 11) is 0. The second-order valence-corrected chi connectivity index (χ2v) is 11.6. The van der Waals surface area contributed by atoms with Crippen LogP contribution in [0.3, 0.4) is 0 Å². The molecular weight excluding hydrogens is 537 g/mol. The van der Waals surface area contributed by atoms with Gasteiger partial charge in [0, 0.05) is 43.5 Å². The maximum absolute atomic E-state index is 13.9. The highest BCUT2D eigenvalue weighted by molar-refractivity contribution is 6.31. The largest absolute Gasteiger partial charge is 0.444 e. The van der Waals surface area contributed by atoms with Gasteiger partial charge in [-0.15, -0.1) is 0 Å². The third-order valence-electron chi connectivity index (χ3n) is 6.38. The van der Waals surface area contributed by atoms with Crippen LogP contribution in [0.1, 0.15) is 41.0 Å². The molecule has 11 heteroatoms. The average molecular weight is 572 g/mol. The van der Waals surface area contributed by atoms with Gasteiger partial charge in [-0.2, -0.15) is 0 Å². The quantitative estimate of drug-likeness (QED) is 0.471. The summed E-state index contributed by atoms with van der Waals surface area (Å²) < 4.78 is 20.7. The molecule has 2 aromatic carbocycles. The van der Waals surface area contributed by atoms with Gasteiger partial charge in [0.25, 0.3) is 5.56 Å². The molecule has 0 atom stereocenters. The number of hydrogen-bond donors (Lipinski definition) is 1. The molecule has 0 aliphatic carbocycles. The summed E-state index contributed by atoms with van der Waals surface area (Å²) in [5.41, 5.74) is 0.703. The summed E-state index contributed by atoms with van der Waals surface area (Å²) in [5, 5.41) is 3.04. The van der Waals surface area contributed by atoms with E-state index in [1.807, 2.05) is 40.7 Å². The van der Waals surface area contributed by atoms with E-state index in [-0.39, 0.29) is 35.4 Å². The molecule has 0 unspecified atom stereocenters. The van der Waals surface area contributed by atoms with Crippen molar-refractivity contribution in [1.29, 1.82) is 0 Å². The highest BCUT2D eigenvalue weighted by Crippen LogP contribution is 2.26. The number of nitrogens with one attached hydrogen (secondary N) is 1. The molecule has 1 aliphatic rings. The SMILES string of the molecule is CC(C)NC(=O)Cn1c(-c2ccc(F)c(Cl)c2)nc2ccc(N3CCCN(C(=O)OC(C)(C)C)CC3)cc2c1=O. The van der Waals surface area contributed by atoms with E-state index in [4.69, 9.17) is 21.3 Å². The van der Waals surface area contributed by atoms with E-state index in [9.17, 15) is 18.8 Å². The molecule has 0 bridgehead atoms. The minimum Gasteiger partial charge on any atom is -0.444 e. The van der Waals surface area contributed by atoms with Crippen LogP contribution in [0.5, 0.6) is 0 Å². The molecule has 4 rings (SSSR count). The zero-order chi connectivity index (χ0) is 29.2. The molecule has 1 N–H and O–H groups in total. The fourth-order valence-corrected chi connectivity index (χ4v) is 4.78. The highest BCUT2D eigenvalue weighted by atomic mass is 35.5. The lowest BCUT2D eigenvalue weighted by Gasteiger charge is -2.27. The van der Waals surface area contributed by atoms with E-state index in [1.165, 1.54) is 22.8 Å². The normalized spacial score (nSPS) is 14.4. The van der Waals surface area contributed by atoms with E-state index in [2.05, 4.69) is 10.2 Å². The molecule has 1 aromatic heterocycles. The molecule has 2 heterocycles. The molecule has 40 heavy (non-hydrogen) atoms. The lowest BCUT2D eigenvalue weighted by atomic mass is 10.1. The number of carbonyl (C=O) groups is 2. The predicted octanol–water partition coefficient (Wildman–Crippen LogP) is 4.83. The van der Waals surface area contributed by atoms with Crippen molar-refractivity contribution >= 4 is 40.2 Å². The Morgan fingerprint density at radius 3 is 2.52 bits per heavy atom. The maximum Gasteiger partial charge on any atom is 0.410 e. The van der Waals surface area contributed by atoms with Gasteiger partial charge in [0.05, 0.1) is 15.9 Å². The Morgan fingerprint density at radius 1 is 1.10 bits per heavy atom. The van der Waals surface area contributed by atoms with Gasteiger partial charge in [-0.05, 0) is 77.4 Å². The lowest BCUT2D eigenvalue weighted by molar-refractivity contribution is -0.122. The Bertz CT molecular complexity index is 1480. The van der Waals surface area contributed by atoms with Crippen molar-refractivity contribution < 1.29 is 18.7 Å². The molecule has 0 spiro atoms. The summed E-state index contributed by atoms with van der Waals surface area (Å²) in [6.45, 7) is 11.2. The van der Waals surface area contributed by atoms with Gasteiger partial charge in [0.1, 0.15) is 23.8 Å². The van der Waals surface area contributed by atoms with Crippen LogP contribution >= 0.6 is 11.6 Å². The minimum atomic E-state index is -0.593. The number of ether oxygens (including phenoxy) is 1. The Kier molecular flexibility index (Phi) is 8.68. The number of carbonyl (C=O) groups excluding carboxylic acids is 2. The van der Waals surface area contributed by atoms with E-state index in [0.717, 1.165) is 12.1 Å². The standard InChI is InChI=1S/C29H35ClFN5O4/c1-18(2)32-25(37)17-36-26(19-7-9-23(31)22(30)15-19)33-24-10-8-20(16-21(24)27(36)38)34-11-6-12-35(14-13-34)28(39)40-29(3,4)5/h7-10,15-16,18H,6,11-14,17H2,1-5H3,(H,32,37). The smallest absolute Gasteiger partial charge is 0.410 e. The van der Waals surface area contributed by atoms with E-state index < -0.39 is 17.0 Å². The van der Waals surface area contributed by atoms with Gasteiger partial charge < -0.3 is 19.9 Å². The third-order valence-corrected chi connectivity index (χ3v) is 6.67. The fraction of sp³-hybridized carbons (Fsp3) is 0.448. The number of hydrogen-bond acceptors (Lipinski definition) is 6. The van der Waals surface area contributed by atoms with Crippen LogP contribution in [0.2, 0.25) is 5.02 Å². The van der Waals surface area contributed by atoms with Crippen LogP contribution in [0, 0.1) is 5.82 Å². The molecule has 214 valence electrons. The van der Waals surface area contributed by atoms with Crippen LogP contribution in [-0.2, 0) is 16.1 Å². The summed E-state index contributed by atoms with van der Waals surface area (Å²) >= 11 is 6.02. The lowest BCUT2D eigenvalue weighted by Crippen LogP contribution is -2.39. The second kappa shape index (κ2) is 11.8. The first-order chi connectivity index (χ1) is 18.8. The number of benzene rings is 2.